The molecule has 1 fully saturated rings. The van der Waals surface area contributed by atoms with E-state index in [9.17, 15) is 14.4 Å². The van der Waals surface area contributed by atoms with Crippen LogP contribution < -0.4 is 10.6 Å². The van der Waals surface area contributed by atoms with Crippen molar-refractivity contribution in [1.29, 1.82) is 0 Å². The quantitative estimate of drug-likeness (QED) is 0.473. The molecule has 2 N–H and O–H groups in total. The highest BCUT2D eigenvalue weighted by atomic mass is 35.5. The van der Waals surface area contributed by atoms with Crippen LogP contribution in [0.5, 0.6) is 0 Å². The maximum atomic E-state index is 13.4. The van der Waals surface area contributed by atoms with Crippen molar-refractivity contribution in [3.8, 4) is 0 Å². The predicted molar refractivity (Wildman–Crippen MR) is 130 cm³/mol. The van der Waals surface area contributed by atoms with Crippen LogP contribution in [0, 0.1) is 6.92 Å². The second-order valence-electron chi connectivity index (χ2n) is 8.76. The zero-order valence-electron chi connectivity index (χ0n) is 19.8. The summed E-state index contributed by atoms with van der Waals surface area (Å²) in [6.45, 7) is 4.18. The van der Waals surface area contributed by atoms with Crippen LogP contribution in [0.15, 0.2) is 34.9 Å². The Kier molecular flexibility index (Phi) is 9.51. The fourth-order valence-corrected chi connectivity index (χ4v) is 4.32. The molecule has 9 heteroatoms. The Morgan fingerprint density at radius 3 is 2.50 bits per heavy atom. The van der Waals surface area contributed by atoms with Gasteiger partial charge in [0, 0.05) is 36.5 Å². The van der Waals surface area contributed by atoms with E-state index < -0.39 is 6.04 Å². The summed E-state index contributed by atoms with van der Waals surface area (Å²) in [5.74, 6) is 0.113. The molecule has 3 rings (SSSR count). The van der Waals surface area contributed by atoms with Crippen molar-refractivity contribution in [2.24, 2.45) is 0 Å². The van der Waals surface area contributed by atoms with E-state index in [4.69, 9.17) is 16.1 Å². The summed E-state index contributed by atoms with van der Waals surface area (Å²) in [6, 6.07) is 7.97. The first-order chi connectivity index (χ1) is 16.4. The molecule has 34 heavy (non-hydrogen) atoms. The molecule has 1 atom stereocenters. The van der Waals surface area contributed by atoms with E-state index in [1.165, 1.54) is 0 Å². The van der Waals surface area contributed by atoms with Gasteiger partial charge in [0.25, 0.3) is 0 Å². The van der Waals surface area contributed by atoms with Crippen LogP contribution in [-0.2, 0) is 14.4 Å². The van der Waals surface area contributed by atoms with Crippen LogP contribution >= 0.6 is 11.6 Å². The van der Waals surface area contributed by atoms with Crippen molar-refractivity contribution in [2.45, 2.75) is 77.3 Å². The molecule has 1 aliphatic rings. The van der Waals surface area contributed by atoms with Crippen molar-refractivity contribution in [1.82, 2.24) is 15.4 Å². The monoisotopic (exact) mass is 488 g/mol. The van der Waals surface area contributed by atoms with E-state index in [-0.39, 0.29) is 36.6 Å². The van der Waals surface area contributed by atoms with E-state index in [1.54, 1.807) is 42.2 Å². The number of aryl methyl sites for hydroxylation is 1. The SMILES string of the molecule is CCCCN(C(=O)CCC(=O)Nc1cc(C)on1)[C@@H](C(=O)NC1CCCC1)c1ccc(Cl)cc1. The van der Waals surface area contributed by atoms with Crippen molar-refractivity contribution in [3.05, 3.63) is 46.7 Å². The number of hydrogen-bond acceptors (Lipinski definition) is 5. The van der Waals surface area contributed by atoms with E-state index >= 15 is 0 Å². The summed E-state index contributed by atoms with van der Waals surface area (Å²) in [7, 11) is 0. The number of rotatable bonds is 11. The molecule has 8 nitrogen and oxygen atoms in total. The predicted octanol–water partition coefficient (Wildman–Crippen LogP) is 4.78. The summed E-state index contributed by atoms with van der Waals surface area (Å²) >= 11 is 6.07. The van der Waals surface area contributed by atoms with Crippen LogP contribution in [-0.4, -0.2) is 40.4 Å². The van der Waals surface area contributed by atoms with Gasteiger partial charge in [0.2, 0.25) is 17.7 Å². The highest BCUT2D eigenvalue weighted by Crippen LogP contribution is 2.27. The fraction of sp³-hybridized carbons (Fsp3) is 0.520. The lowest BCUT2D eigenvalue weighted by Gasteiger charge is -2.32. The largest absolute Gasteiger partial charge is 0.360 e. The average molecular weight is 489 g/mol. The molecule has 1 saturated carbocycles. The minimum absolute atomic E-state index is 0.0207. The van der Waals surface area contributed by atoms with Crippen molar-refractivity contribution in [2.75, 3.05) is 11.9 Å². The van der Waals surface area contributed by atoms with E-state index in [2.05, 4.69) is 15.8 Å². The number of unbranched alkanes of at least 4 members (excludes halogenated alkanes) is 1. The lowest BCUT2D eigenvalue weighted by atomic mass is 10.0. The third-order valence-electron chi connectivity index (χ3n) is 5.98. The maximum absolute atomic E-state index is 13.4. The summed E-state index contributed by atoms with van der Waals surface area (Å²) in [6.07, 6.45) is 5.65. The number of carbonyl (C=O) groups excluding carboxylic acids is 3. The van der Waals surface area contributed by atoms with Gasteiger partial charge >= 0.3 is 0 Å². The van der Waals surface area contributed by atoms with Crippen LogP contribution in [0.1, 0.15) is 75.7 Å². The number of nitrogens with zero attached hydrogens (tertiary/aromatic N) is 2. The molecular weight excluding hydrogens is 456 g/mol. The summed E-state index contributed by atoms with van der Waals surface area (Å²) < 4.78 is 4.95. The molecular formula is C25H33ClN4O4. The van der Waals surface area contributed by atoms with Gasteiger partial charge in [0.05, 0.1) is 0 Å². The summed E-state index contributed by atoms with van der Waals surface area (Å²) in [5, 5.41) is 10.1. The maximum Gasteiger partial charge on any atom is 0.247 e. The zero-order valence-corrected chi connectivity index (χ0v) is 20.6. The molecule has 3 amide bonds. The van der Waals surface area contributed by atoms with Gasteiger partial charge in [-0.3, -0.25) is 14.4 Å². The Morgan fingerprint density at radius 1 is 1.18 bits per heavy atom. The van der Waals surface area contributed by atoms with Crippen LogP contribution in [0.25, 0.3) is 0 Å². The average Bonchev–Trinajstić information content (AvgIpc) is 3.47. The third-order valence-corrected chi connectivity index (χ3v) is 6.23. The molecule has 1 aromatic carbocycles. The summed E-state index contributed by atoms with van der Waals surface area (Å²) in [5.41, 5.74) is 0.701. The second kappa shape index (κ2) is 12.6. The molecule has 0 aliphatic heterocycles. The molecule has 1 aromatic heterocycles. The van der Waals surface area contributed by atoms with Crippen LogP contribution in [0.4, 0.5) is 5.82 Å². The number of amides is 3. The Labute approximate surface area is 205 Å². The van der Waals surface area contributed by atoms with Gasteiger partial charge in [0.1, 0.15) is 11.8 Å². The number of nitrogens with one attached hydrogen (secondary N) is 2. The number of carbonyl (C=O) groups is 3. The first-order valence-corrected chi connectivity index (χ1v) is 12.3. The number of aromatic nitrogens is 1. The molecule has 0 spiro atoms. The smallest absolute Gasteiger partial charge is 0.247 e. The highest BCUT2D eigenvalue weighted by Gasteiger charge is 2.32. The summed E-state index contributed by atoms with van der Waals surface area (Å²) in [4.78, 5) is 40.7. The minimum atomic E-state index is -0.779. The normalized spacial score (nSPS) is 14.6. The van der Waals surface area contributed by atoms with Gasteiger partial charge in [-0.05, 0) is 43.9 Å². The molecule has 2 aromatic rings. The second-order valence-corrected chi connectivity index (χ2v) is 9.19. The van der Waals surface area contributed by atoms with Crippen molar-refractivity contribution >= 4 is 35.1 Å². The van der Waals surface area contributed by atoms with E-state index in [1.807, 2.05) is 6.92 Å². The van der Waals surface area contributed by atoms with Gasteiger partial charge < -0.3 is 20.1 Å². The Hall–Kier alpha value is -2.87. The molecule has 0 saturated heterocycles. The Bertz CT molecular complexity index is 970. The molecule has 0 bridgehead atoms. The number of hydrogen-bond donors (Lipinski definition) is 2. The fourth-order valence-electron chi connectivity index (χ4n) is 4.19. The van der Waals surface area contributed by atoms with Crippen molar-refractivity contribution in [3.63, 3.8) is 0 Å². The lowest BCUT2D eigenvalue weighted by molar-refractivity contribution is -0.141. The standard InChI is InChI=1S/C25H33ClN4O4/c1-3-4-15-30(23(32)14-13-22(31)28-21-16-17(2)34-29-21)24(18-9-11-19(26)12-10-18)25(33)27-20-7-5-6-8-20/h9-12,16,20,24H,3-8,13-15H2,1-2H3,(H,27,33)(H,28,29,31)/t24-/m1/s1. The first kappa shape index (κ1) is 25.7. The number of benzene rings is 1. The van der Waals surface area contributed by atoms with Crippen LogP contribution in [0.2, 0.25) is 5.02 Å². The topological polar surface area (TPSA) is 105 Å². The van der Waals surface area contributed by atoms with E-state index in [0.29, 0.717) is 28.7 Å². The van der Waals surface area contributed by atoms with Crippen LogP contribution in [0.3, 0.4) is 0 Å². The highest BCUT2D eigenvalue weighted by molar-refractivity contribution is 6.30. The van der Waals surface area contributed by atoms with Gasteiger partial charge in [-0.1, -0.05) is 55.1 Å². The first-order valence-electron chi connectivity index (χ1n) is 12.0. The Morgan fingerprint density at radius 2 is 1.88 bits per heavy atom. The molecule has 184 valence electrons. The zero-order chi connectivity index (χ0) is 24.5. The van der Waals surface area contributed by atoms with Gasteiger partial charge in [-0.15, -0.1) is 0 Å². The molecule has 0 unspecified atom stereocenters. The van der Waals surface area contributed by atoms with Gasteiger partial charge in [0.15, 0.2) is 5.82 Å². The number of anilines is 1. The van der Waals surface area contributed by atoms with Crippen molar-refractivity contribution < 1.29 is 18.9 Å². The lowest BCUT2D eigenvalue weighted by Crippen LogP contribution is -2.46. The van der Waals surface area contributed by atoms with Gasteiger partial charge in [-0.25, -0.2) is 0 Å². The third kappa shape index (κ3) is 7.32. The molecule has 0 radical (unpaired) electrons. The Balaban J connectivity index is 1.75. The van der Waals surface area contributed by atoms with E-state index in [0.717, 1.165) is 38.5 Å². The minimum Gasteiger partial charge on any atom is -0.360 e. The van der Waals surface area contributed by atoms with Gasteiger partial charge in [-0.2, -0.15) is 0 Å². The number of halogens is 1. The molecule has 1 heterocycles. The molecule has 1 aliphatic carbocycles.